The lowest BCUT2D eigenvalue weighted by atomic mass is 10.1. The van der Waals surface area contributed by atoms with Crippen molar-refractivity contribution in [1.29, 1.82) is 0 Å². The first kappa shape index (κ1) is 16.3. The second-order valence-corrected chi connectivity index (χ2v) is 6.55. The van der Waals surface area contributed by atoms with Crippen molar-refractivity contribution in [1.82, 2.24) is 0 Å². The van der Waals surface area contributed by atoms with Crippen LogP contribution in [0.4, 0.5) is 5.69 Å². The van der Waals surface area contributed by atoms with Crippen molar-refractivity contribution >= 4 is 28.3 Å². The van der Waals surface area contributed by atoms with E-state index < -0.39 is 5.97 Å². The van der Waals surface area contributed by atoms with E-state index in [1.165, 1.54) is 0 Å². The molecule has 0 saturated carbocycles. The van der Waals surface area contributed by atoms with E-state index >= 15 is 0 Å². The van der Waals surface area contributed by atoms with E-state index in [1.807, 2.05) is 67.6 Å². The maximum Gasteiger partial charge on any atom is 0.339 e. The maximum absolute atomic E-state index is 12.7. The Morgan fingerprint density at radius 3 is 2.62 bits per heavy atom. The predicted octanol–water partition coefficient (Wildman–Crippen LogP) is 3.97. The van der Waals surface area contributed by atoms with Crippen LogP contribution in [0, 0.1) is 0 Å². The number of hydrogen-bond donors (Lipinski definition) is 0. The largest absolute Gasteiger partial charge is 0.452 e. The van der Waals surface area contributed by atoms with Gasteiger partial charge < -0.3 is 9.64 Å². The molecule has 130 valence electrons. The molecule has 4 rings (SSSR count). The Morgan fingerprint density at radius 1 is 1.00 bits per heavy atom. The first-order chi connectivity index (χ1) is 12.6. The molecule has 1 atom stereocenters. The van der Waals surface area contributed by atoms with E-state index in [4.69, 9.17) is 4.74 Å². The van der Waals surface area contributed by atoms with E-state index in [-0.39, 0.29) is 18.6 Å². The van der Waals surface area contributed by atoms with E-state index in [0.29, 0.717) is 5.56 Å². The number of carbonyl (C=O) groups is 2. The summed E-state index contributed by atoms with van der Waals surface area (Å²) in [5.74, 6) is -0.675. The molecular formula is C22H19NO3. The van der Waals surface area contributed by atoms with Gasteiger partial charge in [-0.15, -0.1) is 0 Å². The number of benzene rings is 3. The summed E-state index contributed by atoms with van der Waals surface area (Å²) in [5, 5.41) is 1.79. The zero-order valence-electron chi connectivity index (χ0n) is 14.5. The van der Waals surface area contributed by atoms with Crippen LogP contribution in [0.5, 0.6) is 0 Å². The number of ether oxygens (including phenoxy) is 1. The molecule has 0 aliphatic carbocycles. The van der Waals surface area contributed by atoms with Crippen LogP contribution in [0.3, 0.4) is 0 Å². The molecule has 3 aromatic carbocycles. The lowest BCUT2D eigenvalue weighted by Gasteiger charge is -2.22. The Balaban J connectivity index is 1.50. The van der Waals surface area contributed by atoms with E-state index in [9.17, 15) is 9.59 Å². The number of esters is 1. The van der Waals surface area contributed by atoms with Gasteiger partial charge >= 0.3 is 5.97 Å². The minimum absolute atomic E-state index is 0.0659. The Morgan fingerprint density at radius 2 is 1.73 bits per heavy atom. The highest BCUT2D eigenvalue weighted by atomic mass is 16.5. The Kier molecular flexibility index (Phi) is 4.17. The molecule has 0 bridgehead atoms. The van der Waals surface area contributed by atoms with Crippen LogP contribution in [0.25, 0.3) is 10.8 Å². The summed E-state index contributed by atoms with van der Waals surface area (Å²) in [5.41, 5.74) is 2.53. The molecule has 3 aromatic rings. The smallest absolute Gasteiger partial charge is 0.339 e. The van der Waals surface area contributed by atoms with E-state index in [2.05, 4.69) is 0 Å². The monoisotopic (exact) mass is 345 g/mol. The van der Waals surface area contributed by atoms with Crippen molar-refractivity contribution in [2.75, 3.05) is 11.5 Å². The molecule has 0 spiro atoms. The average Bonchev–Trinajstić information content (AvgIpc) is 3.01. The predicted molar refractivity (Wildman–Crippen MR) is 101 cm³/mol. The number of anilines is 1. The fraction of sp³-hybridized carbons (Fsp3) is 0.182. The minimum Gasteiger partial charge on any atom is -0.452 e. The van der Waals surface area contributed by atoms with Gasteiger partial charge in [0.15, 0.2) is 6.61 Å². The van der Waals surface area contributed by atoms with Gasteiger partial charge in [0.2, 0.25) is 0 Å². The lowest BCUT2D eigenvalue weighted by molar-refractivity contribution is -0.122. The van der Waals surface area contributed by atoms with Gasteiger partial charge in [-0.05, 0) is 41.8 Å². The van der Waals surface area contributed by atoms with Crippen molar-refractivity contribution in [3.8, 4) is 0 Å². The van der Waals surface area contributed by atoms with Gasteiger partial charge in [-0.3, -0.25) is 4.79 Å². The average molecular weight is 345 g/mol. The van der Waals surface area contributed by atoms with Crippen LogP contribution in [0.15, 0.2) is 66.7 Å². The summed E-state index contributed by atoms with van der Waals surface area (Å²) in [6.07, 6.45) is 0.819. The van der Waals surface area contributed by atoms with E-state index in [1.54, 1.807) is 11.0 Å². The summed E-state index contributed by atoms with van der Waals surface area (Å²) in [4.78, 5) is 26.9. The van der Waals surface area contributed by atoms with Crippen LogP contribution in [0.1, 0.15) is 22.8 Å². The van der Waals surface area contributed by atoms with Crippen molar-refractivity contribution in [3.63, 3.8) is 0 Å². The zero-order chi connectivity index (χ0) is 18.1. The molecule has 1 heterocycles. The Labute approximate surface area is 152 Å². The number of fused-ring (bicyclic) bond motifs is 2. The number of hydrogen-bond acceptors (Lipinski definition) is 3. The Bertz CT molecular complexity index is 990. The number of amides is 1. The summed E-state index contributed by atoms with van der Waals surface area (Å²) < 4.78 is 5.34. The van der Waals surface area contributed by atoms with Crippen LogP contribution in [-0.2, 0) is 16.0 Å². The standard InChI is InChI=1S/C22H19NO3/c1-15-13-17-8-3-5-12-20(17)23(15)21(24)14-26-22(25)19-11-6-9-16-7-2-4-10-18(16)19/h2-12,15H,13-14H2,1H3/t15-/m0/s1. The molecule has 1 aliphatic heterocycles. The first-order valence-corrected chi connectivity index (χ1v) is 8.70. The second-order valence-electron chi connectivity index (χ2n) is 6.55. The van der Waals surface area contributed by atoms with Crippen LogP contribution < -0.4 is 4.90 Å². The van der Waals surface area contributed by atoms with Gasteiger partial charge in [-0.25, -0.2) is 4.79 Å². The summed E-state index contributed by atoms with van der Waals surface area (Å²) >= 11 is 0. The fourth-order valence-corrected chi connectivity index (χ4v) is 3.62. The highest BCUT2D eigenvalue weighted by Gasteiger charge is 2.31. The molecule has 0 aromatic heterocycles. The van der Waals surface area contributed by atoms with Crippen LogP contribution >= 0.6 is 0 Å². The Hall–Kier alpha value is -3.14. The molecule has 0 saturated heterocycles. The van der Waals surface area contributed by atoms with Gasteiger partial charge in [-0.1, -0.05) is 54.6 Å². The minimum atomic E-state index is -0.477. The van der Waals surface area contributed by atoms with Gasteiger partial charge in [0, 0.05) is 11.7 Å². The number of rotatable bonds is 3. The van der Waals surface area contributed by atoms with Crippen molar-refractivity contribution in [2.45, 2.75) is 19.4 Å². The van der Waals surface area contributed by atoms with Gasteiger partial charge in [0.25, 0.3) is 5.91 Å². The molecule has 26 heavy (non-hydrogen) atoms. The molecule has 4 heteroatoms. The molecule has 1 amide bonds. The summed E-state index contributed by atoms with van der Waals surface area (Å²) in [6, 6.07) is 21.0. The fourth-order valence-electron chi connectivity index (χ4n) is 3.62. The third-order valence-electron chi connectivity index (χ3n) is 4.81. The molecule has 0 unspecified atom stereocenters. The molecular weight excluding hydrogens is 326 g/mol. The maximum atomic E-state index is 12.7. The van der Waals surface area contributed by atoms with Crippen molar-refractivity contribution in [3.05, 3.63) is 77.9 Å². The van der Waals surface area contributed by atoms with Gasteiger partial charge in [0.05, 0.1) is 5.56 Å². The zero-order valence-corrected chi connectivity index (χ0v) is 14.5. The van der Waals surface area contributed by atoms with Gasteiger partial charge in [-0.2, -0.15) is 0 Å². The third-order valence-corrected chi connectivity index (χ3v) is 4.81. The summed E-state index contributed by atoms with van der Waals surface area (Å²) in [6.45, 7) is 1.74. The van der Waals surface area contributed by atoms with Crippen LogP contribution in [-0.4, -0.2) is 24.5 Å². The van der Waals surface area contributed by atoms with Crippen molar-refractivity contribution < 1.29 is 14.3 Å². The topological polar surface area (TPSA) is 46.6 Å². The molecule has 1 aliphatic rings. The highest BCUT2D eigenvalue weighted by molar-refractivity contribution is 6.05. The summed E-state index contributed by atoms with van der Waals surface area (Å²) in [7, 11) is 0. The third kappa shape index (κ3) is 2.84. The highest BCUT2D eigenvalue weighted by Crippen LogP contribution is 2.31. The SMILES string of the molecule is C[C@H]1Cc2ccccc2N1C(=O)COC(=O)c1cccc2ccccc12. The molecule has 0 N–H and O–H groups in total. The normalized spacial score (nSPS) is 15.7. The van der Waals surface area contributed by atoms with Crippen molar-refractivity contribution in [2.24, 2.45) is 0 Å². The molecule has 4 nitrogen and oxygen atoms in total. The number of para-hydroxylation sites is 1. The quantitative estimate of drug-likeness (QED) is 0.675. The lowest BCUT2D eigenvalue weighted by Crippen LogP contribution is -2.38. The number of carbonyl (C=O) groups excluding carboxylic acids is 2. The second kappa shape index (κ2) is 6.64. The van der Waals surface area contributed by atoms with E-state index in [0.717, 1.165) is 28.4 Å². The first-order valence-electron chi connectivity index (χ1n) is 8.70. The van der Waals surface area contributed by atoms with Crippen LogP contribution in [0.2, 0.25) is 0 Å². The molecule has 0 radical (unpaired) electrons. The van der Waals surface area contributed by atoms with Gasteiger partial charge in [0.1, 0.15) is 0 Å². The number of nitrogens with zero attached hydrogens (tertiary/aromatic N) is 1. The molecule has 0 fully saturated rings.